The highest BCUT2D eigenvalue weighted by molar-refractivity contribution is 5.65. The Morgan fingerprint density at radius 2 is 2.00 bits per heavy atom. The molecule has 0 aromatic carbocycles. The lowest BCUT2D eigenvalue weighted by Gasteiger charge is -2.44. The summed E-state index contributed by atoms with van der Waals surface area (Å²) in [5.41, 5.74) is 5.89. The van der Waals surface area contributed by atoms with E-state index in [-0.39, 0.29) is 10.8 Å². The minimum absolute atomic E-state index is 0.0173. The molecule has 0 nitrogen and oxygen atoms in total. The molecule has 0 saturated heterocycles. The molecule has 0 radical (unpaired) electrons. The molecule has 0 heterocycles. The van der Waals surface area contributed by atoms with Gasteiger partial charge in [-0.15, -0.1) is 0 Å². The molecule has 30 heavy (non-hydrogen) atoms. The molecule has 4 rings (SSSR count). The zero-order valence-corrected chi connectivity index (χ0v) is 18.6. The molecule has 3 atom stereocenters. The fourth-order valence-electron chi connectivity index (χ4n) is 5.76. The van der Waals surface area contributed by atoms with Crippen LogP contribution in [0.5, 0.6) is 0 Å². The monoisotopic (exact) mass is 394 g/mol. The van der Waals surface area contributed by atoms with Crippen molar-refractivity contribution < 1.29 is 0 Å². The average molecular weight is 395 g/mol. The van der Waals surface area contributed by atoms with Gasteiger partial charge in [0, 0.05) is 16.7 Å². The van der Waals surface area contributed by atoms with E-state index in [1.54, 1.807) is 11.1 Å². The first-order chi connectivity index (χ1) is 14.6. The van der Waals surface area contributed by atoms with E-state index in [1.807, 2.05) is 0 Å². The molecule has 4 aliphatic rings. The van der Waals surface area contributed by atoms with Crippen molar-refractivity contribution in [3.05, 3.63) is 120 Å². The molecule has 0 aromatic heterocycles. The summed E-state index contributed by atoms with van der Waals surface area (Å²) in [6.07, 6.45) is 41.3. The zero-order chi connectivity index (χ0) is 21.0. The molecule has 154 valence electrons. The predicted molar refractivity (Wildman–Crippen MR) is 131 cm³/mol. The second-order valence-electron chi connectivity index (χ2n) is 8.94. The highest BCUT2D eigenvalue weighted by Crippen LogP contribution is 2.69. The van der Waals surface area contributed by atoms with Crippen molar-refractivity contribution >= 4 is 0 Å². The summed E-state index contributed by atoms with van der Waals surface area (Å²) < 4.78 is 0. The second-order valence-corrected chi connectivity index (χ2v) is 8.94. The first-order valence-electron chi connectivity index (χ1n) is 11.4. The van der Waals surface area contributed by atoms with E-state index in [9.17, 15) is 0 Å². The molecule has 0 aliphatic heterocycles. The molecule has 0 amide bonds. The lowest BCUT2D eigenvalue weighted by molar-refractivity contribution is 0.247. The molecule has 0 heteroatoms. The Kier molecular flexibility index (Phi) is 5.95. The van der Waals surface area contributed by atoms with Gasteiger partial charge in [0.15, 0.2) is 0 Å². The zero-order valence-electron chi connectivity index (χ0n) is 18.6. The molecule has 0 spiro atoms. The summed E-state index contributed by atoms with van der Waals surface area (Å²) in [6.45, 7) is 6.89. The van der Waals surface area contributed by atoms with Gasteiger partial charge >= 0.3 is 0 Å². The van der Waals surface area contributed by atoms with E-state index in [1.165, 1.54) is 17.6 Å². The lowest BCUT2D eigenvalue weighted by atomic mass is 9.57. The maximum atomic E-state index is 2.53. The number of hydrogen-bond acceptors (Lipinski definition) is 0. The van der Waals surface area contributed by atoms with E-state index in [2.05, 4.69) is 118 Å². The topological polar surface area (TPSA) is 0 Å². The molecule has 4 aliphatic carbocycles. The first-order valence-corrected chi connectivity index (χ1v) is 11.4. The minimum Gasteiger partial charge on any atom is -0.0914 e. The van der Waals surface area contributed by atoms with E-state index in [4.69, 9.17) is 0 Å². The van der Waals surface area contributed by atoms with Crippen molar-refractivity contribution in [1.82, 2.24) is 0 Å². The van der Waals surface area contributed by atoms with Gasteiger partial charge in [-0.05, 0) is 56.3 Å². The predicted octanol–water partition coefficient (Wildman–Crippen LogP) is 8.29. The molecule has 1 fully saturated rings. The van der Waals surface area contributed by atoms with Crippen molar-refractivity contribution in [2.75, 3.05) is 0 Å². The standard InChI is InChI=1S/C30H34/c1-4-5-6-7-10-14-23-30(25-18-11-8-9-12-19-25)27-21-16-17-24(2)28(27)26-20-13-15-22-29(26,30)3/h4-5,7-8,10-15,18-23,26H,6,9,16-17H2,1-3H3/b5-4-,10-7-,23-14+. The number of allylic oxidation sites excluding steroid dienone is 20. The van der Waals surface area contributed by atoms with Crippen LogP contribution >= 0.6 is 0 Å². The molecule has 0 aromatic rings. The van der Waals surface area contributed by atoms with Crippen LogP contribution in [0.3, 0.4) is 0 Å². The summed E-state index contributed by atoms with van der Waals surface area (Å²) in [7, 11) is 0. The Morgan fingerprint density at radius 3 is 2.87 bits per heavy atom. The summed E-state index contributed by atoms with van der Waals surface area (Å²) >= 11 is 0. The van der Waals surface area contributed by atoms with Gasteiger partial charge in [-0.3, -0.25) is 0 Å². The number of hydrogen-bond donors (Lipinski definition) is 0. The van der Waals surface area contributed by atoms with Crippen LogP contribution < -0.4 is 0 Å². The van der Waals surface area contributed by atoms with Gasteiger partial charge in [0.1, 0.15) is 0 Å². The smallest absolute Gasteiger partial charge is 0.0481 e. The Morgan fingerprint density at radius 1 is 1.10 bits per heavy atom. The Balaban J connectivity index is 1.93. The maximum absolute atomic E-state index is 2.53. The first kappa shape index (κ1) is 20.7. The number of rotatable bonds is 5. The van der Waals surface area contributed by atoms with E-state index < -0.39 is 0 Å². The maximum Gasteiger partial charge on any atom is 0.0481 e. The van der Waals surface area contributed by atoms with Crippen LogP contribution in [0.4, 0.5) is 0 Å². The second kappa shape index (κ2) is 8.64. The Labute approximate surface area is 182 Å². The van der Waals surface area contributed by atoms with Gasteiger partial charge < -0.3 is 0 Å². The van der Waals surface area contributed by atoms with Crippen LogP contribution in [0.1, 0.15) is 46.5 Å². The van der Waals surface area contributed by atoms with E-state index >= 15 is 0 Å². The molecule has 0 N–H and O–H groups in total. The van der Waals surface area contributed by atoms with Crippen molar-refractivity contribution in [3.63, 3.8) is 0 Å². The van der Waals surface area contributed by atoms with Gasteiger partial charge in [-0.2, -0.15) is 0 Å². The van der Waals surface area contributed by atoms with Crippen LogP contribution in [0.2, 0.25) is 0 Å². The summed E-state index contributed by atoms with van der Waals surface area (Å²) in [5, 5.41) is 0. The third-order valence-electron chi connectivity index (χ3n) is 7.24. The lowest BCUT2D eigenvalue weighted by Crippen LogP contribution is -2.38. The summed E-state index contributed by atoms with van der Waals surface area (Å²) in [6, 6.07) is 0. The van der Waals surface area contributed by atoms with Crippen molar-refractivity contribution in [3.8, 4) is 0 Å². The molecule has 3 unspecified atom stereocenters. The van der Waals surface area contributed by atoms with Crippen molar-refractivity contribution in [1.29, 1.82) is 0 Å². The van der Waals surface area contributed by atoms with Crippen LogP contribution in [-0.2, 0) is 0 Å². The van der Waals surface area contributed by atoms with E-state index in [0.717, 1.165) is 19.3 Å². The molecule has 1 saturated carbocycles. The summed E-state index contributed by atoms with van der Waals surface area (Å²) in [5.74, 6) is 0.423. The summed E-state index contributed by atoms with van der Waals surface area (Å²) in [4.78, 5) is 0. The van der Waals surface area contributed by atoms with Gasteiger partial charge in [-0.1, -0.05) is 110 Å². The van der Waals surface area contributed by atoms with Gasteiger partial charge in [0.2, 0.25) is 0 Å². The third kappa shape index (κ3) is 3.23. The van der Waals surface area contributed by atoms with Gasteiger partial charge in [-0.25, -0.2) is 0 Å². The van der Waals surface area contributed by atoms with Crippen LogP contribution in [0.25, 0.3) is 0 Å². The fraction of sp³-hybridized carbons (Fsp3) is 0.333. The molecular weight excluding hydrogens is 360 g/mol. The average Bonchev–Trinajstić information content (AvgIpc) is 2.91. The van der Waals surface area contributed by atoms with Crippen molar-refractivity contribution in [2.24, 2.45) is 16.7 Å². The Bertz CT molecular complexity index is 979. The Hall–Kier alpha value is -2.60. The van der Waals surface area contributed by atoms with Crippen LogP contribution in [-0.4, -0.2) is 0 Å². The van der Waals surface area contributed by atoms with Crippen LogP contribution in [0, 0.1) is 16.7 Å². The minimum atomic E-state index is -0.161. The highest BCUT2D eigenvalue weighted by Gasteiger charge is 2.61. The highest BCUT2D eigenvalue weighted by atomic mass is 14.6. The van der Waals surface area contributed by atoms with E-state index in [0.29, 0.717) is 5.92 Å². The fourth-order valence-corrected chi connectivity index (χ4v) is 5.76. The SMILES string of the molecule is C/C=C\C/C=C\C=C\C1(C2=CC=CCC=C2)C2=CCCC(C)=C2C2C=CC=CC21C. The quantitative estimate of drug-likeness (QED) is 0.325. The van der Waals surface area contributed by atoms with Crippen molar-refractivity contribution in [2.45, 2.75) is 46.5 Å². The molecule has 0 bridgehead atoms. The molecular formula is C30H34. The van der Waals surface area contributed by atoms with Gasteiger partial charge in [0.05, 0.1) is 0 Å². The van der Waals surface area contributed by atoms with Gasteiger partial charge in [0.25, 0.3) is 0 Å². The largest absolute Gasteiger partial charge is 0.0914 e. The third-order valence-corrected chi connectivity index (χ3v) is 7.24. The number of fused-ring (bicyclic) bond motifs is 3. The van der Waals surface area contributed by atoms with Crippen LogP contribution in [0.15, 0.2) is 120 Å². The normalized spacial score (nSPS) is 32.8.